The Kier molecular flexibility index (Phi) is 7.06. The Bertz CT molecular complexity index is 728. The fraction of sp³-hybridized carbons (Fsp3) is 0.444. The first kappa shape index (κ1) is 19.1. The molecule has 1 aromatic heterocycles. The summed E-state index contributed by atoms with van der Waals surface area (Å²) in [5.41, 5.74) is 1.93. The Hall–Kier alpha value is -2.28. The van der Waals surface area contributed by atoms with Gasteiger partial charge in [-0.1, -0.05) is 0 Å². The summed E-state index contributed by atoms with van der Waals surface area (Å²) < 4.78 is 10.9. The third-order valence-electron chi connectivity index (χ3n) is 3.45. The molecule has 0 saturated heterocycles. The van der Waals surface area contributed by atoms with E-state index in [9.17, 15) is 0 Å². The molecule has 0 unspecified atom stereocenters. The number of hydrogen-bond donors (Lipinski definition) is 2. The van der Waals surface area contributed by atoms with Gasteiger partial charge in [-0.05, 0) is 39.8 Å². The highest BCUT2D eigenvalue weighted by atomic mass is 32.1. The summed E-state index contributed by atoms with van der Waals surface area (Å²) in [6.07, 6.45) is 0. The van der Waals surface area contributed by atoms with Gasteiger partial charge < -0.3 is 20.1 Å². The minimum atomic E-state index is 0.598. The van der Waals surface area contributed by atoms with E-state index in [0.717, 1.165) is 34.6 Å². The van der Waals surface area contributed by atoms with Gasteiger partial charge in [-0.2, -0.15) is 0 Å². The predicted octanol–water partition coefficient (Wildman–Crippen LogP) is 3.74. The molecule has 0 saturated carbocycles. The summed E-state index contributed by atoms with van der Waals surface area (Å²) in [7, 11) is 1.63. The number of anilines is 1. The second-order valence-electron chi connectivity index (χ2n) is 5.36. The summed E-state index contributed by atoms with van der Waals surface area (Å²) in [5.74, 6) is 2.14. The molecular formula is C18H26N4O2S. The Labute approximate surface area is 153 Å². The second-order valence-corrected chi connectivity index (χ2v) is 6.65. The van der Waals surface area contributed by atoms with Crippen molar-refractivity contribution in [2.45, 2.75) is 34.2 Å². The monoisotopic (exact) mass is 362 g/mol. The fourth-order valence-electron chi connectivity index (χ4n) is 2.33. The maximum Gasteiger partial charge on any atom is 0.196 e. The molecule has 0 aliphatic heterocycles. The molecule has 1 aromatic carbocycles. The van der Waals surface area contributed by atoms with Crippen LogP contribution in [-0.4, -0.2) is 31.2 Å². The summed E-state index contributed by atoms with van der Waals surface area (Å²) in [4.78, 5) is 10.3. The lowest BCUT2D eigenvalue weighted by Gasteiger charge is -2.14. The Balaban J connectivity index is 2.15. The highest BCUT2D eigenvalue weighted by molar-refractivity contribution is 7.11. The number of guanidine groups is 1. The van der Waals surface area contributed by atoms with E-state index in [1.54, 1.807) is 18.4 Å². The molecular weight excluding hydrogens is 336 g/mol. The van der Waals surface area contributed by atoms with Crippen LogP contribution in [0.2, 0.25) is 0 Å². The predicted molar refractivity (Wildman–Crippen MR) is 104 cm³/mol. The van der Waals surface area contributed by atoms with Gasteiger partial charge in [-0.15, -0.1) is 11.3 Å². The van der Waals surface area contributed by atoms with Crippen LogP contribution in [0.15, 0.2) is 23.2 Å². The van der Waals surface area contributed by atoms with Gasteiger partial charge in [0.25, 0.3) is 0 Å². The summed E-state index contributed by atoms with van der Waals surface area (Å²) in [6.45, 7) is 10.00. The number of rotatable bonds is 7. The van der Waals surface area contributed by atoms with Crippen molar-refractivity contribution in [1.82, 2.24) is 10.3 Å². The first-order valence-corrected chi connectivity index (χ1v) is 9.18. The van der Waals surface area contributed by atoms with Crippen molar-refractivity contribution in [3.05, 3.63) is 33.8 Å². The van der Waals surface area contributed by atoms with Gasteiger partial charge in [0.15, 0.2) is 17.5 Å². The molecule has 136 valence electrons. The molecule has 0 amide bonds. The lowest BCUT2D eigenvalue weighted by Crippen LogP contribution is -2.30. The number of aliphatic imine (C=N–C) groups is 1. The van der Waals surface area contributed by atoms with Crippen LogP contribution < -0.4 is 20.1 Å². The summed E-state index contributed by atoms with van der Waals surface area (Å²) in [5, 5.41) is 7.63. The highest BCUT2D eigenvalue weighted by Gasteiger charge is 2.08. The van der Waals surface area contributed by atoms with E-state index >= 15 is 0 Å². The van der Waals surface area contributed by atoms with Gasteiger partial charge in [-0.25, -0.2) is 9.98 Å². The Morgan fingerprint density at radius 2 is 2.04 bits per heavy atom. The second kappa shape index (κ2) is 9.27. The van der Waals surface area contributed by atoms with Gasteiger partial charge in [0, 0.05) is 23.2 Å². The largest absolute Gasteiger partial charge is 0.493 e. The number of hydrogen-bond acceptors (Lipinski definition) is 5. The van der Waals surface area contributed by atoms with Gasteiger partial charge in [0.1, 0.15) is 0 Å². The summed E-state index contributed by atoms with van der Waals surface area (Å²) >= 11 is 1.68. The van der Waals surface area contributed by atoms with E-state index in [1.165, 1.54) is 4.88 Å². The number of aromatic nitrogens is 1. The first-order valence-electron chi connectivity index (χ1n) is 8.36. The van der Waals surface area contributed by atoms with Crippen molar-refractivity contribution in [3.63, 3.8) is 0 Å². The van der Waals surface area contributed by atoms with Crippen LogP contribution in [-0.2, 0) is 6.54 Å². The first-order chi connectivity index (χ1) is 12.1. The SMILES string of the molecule is CCNC(=NCc1sc(C)nc1C)Nc1ccc(OCC)c(OC)c1. The maximum atomic E-state index is 5.55. The van der Waals surface area contributed by atoms with E-state index in [-0.39, 0.29) is 0 Å². The van der Waals surface area contributed by atoms with E-state index in [4.69, 9.17) is 9.47 Å². The normalized spacial score (nSPS) is 11.3. The van der Waals surface area contributed by atoms with Gasteiger partial charge in [0.2, 0.25) is 0 Å². The molecule has 0 fully saturated rings. The Morgan fingerprint density at radius 1 is 1.24 bits per heavy atom. The summed E-state index contributed by atoms with van der Waals surface area (Å²) in [6, 6.07) is 5.74. The van der Waals surface area contributed by atoms with Gasteiger partial charge >= 0.3 is 0 Å². The number of ether oxygens (including phenoxy) is 2. The minimum absolute atomic E-state index is 0.598. The van der Waals surface area contributed by atoms with Crippen molar-refractivity contribution in [1.29, 1.82) is 0 Å². The van der Waals surface area contributed by atoms with Gasteiger partial charge in [0.05, 0.1) is 31.0 Å². The highest BCUT2D eigenvalue weighted by Crippen LogP contribution is 2.30. The maximum absolute atomic E-state index is 5.55. The molecule has 6 nitrogen and oxygen atoms in total. The number of benzene rings is 1. The number of methoxy groups -OCH3 is 1. The molecule has 2 rings (SSSR count). The van der Waals surface area contributed by atoms with E-state index in [2.05, 4.69) is 20.6 Å². The van der Waals surface area contributed by atoms with Crippen molar-refractivity contribution < 1.29 is 9.47 Å². The van der Waals surface area contributed by atoms with Crippen LogP contribution in [0.5, 0.6) is 11.5 Å². The average molecular weight is 362 g/mol. The van der Waals surface area contributed by atoms with Crippen LogP contribution in [0.25, 0.3) is 0 Å². The quantitative estimate of drug-likeness (QED) is 0.580. The minimum Gasteiger partial charge on any atom is -0.493 e. The molecule has 1 heterocycles. The molecule has 0 atom stereocenters. The lowest BCUT2D eigenvalue weighted by atomic mass is 10.2. The fourth-order valence-corrected chi connectivity index (χ4v) is 3.20. The zero-order valence-corrected chi connectivity index (χ0v) is 16.3. The standard InChI is InChI=1S/C18H26N4O2S/c1-6-19-18(20-11-17-12(3)21-13(4)25-17)22-14-8-9-15(24-7-2)16(10-14)23-5/h8-10H,6-7,11H2,1-5H3,(H2,19,20,22). The molecule has 25 heavy (non-hydrogen) atoms. The number of aryl methyl sites for hydroxylation is 2. The molecule has 0 radical (unpaired) electrons. The Morgan fingerprint density at radius 3 is 2.64 bits per heavy atom. The topological polar surface area (TPSA) is 67.8 Å². The van der Waals surface area contributed by atoms with E-state index < -0.39 is 0 Å². The number of nitrogens with zero attached hydrogens (tertiary/aromatic N) is 2. The van der Waals surface area contributed by atoms with E-state index in [0.29, 0.717) is 18.9 Å². The zero-order valence-electron chi connectivity index (χ0n) is 15.5. The molecule has 2 N–H and O–H groups in total. The van der Waals surface area contributed by atoms with Crippen LogP contribution in [0.4, 0.5) is 5.69 Å². The van der Waals surface area contributed by atoms with Crippen LogP contribution in [0.1, 0.15) is 29.4 Å². The van der Waals surface area contributed by atoms with Crippen LogP contribution in [0, 0.1) is 13.8 Å². The van der Waals surface area contributed by atoms with Crippen molar-refractivity contribution in [2.75, 3.05) is 25.6 Å². The van der Waals surface area contributed by atoms with Crippen molar-refractivity contribution in [2.24, 2.45) is 4.99 Å². The third-order valence-corrected chi connectivity index (χ3v) is 4.51. The van der Waals surface area contributed by atoms with Crippen LogP contribution in [0.3, 0.4) is 0 Å². The van der Waals surface area contributed by atoms with E-state index in [1.807, 2.05) is 45.9 Å². The number of nitrogens with one attached hydrogen (secondary N) is 2. The zero-order chi connectivity index (χ0) is 18.2. The van der Waals surface area contributed by atoms with Crippen molar-refractivity contribution >= 4 is 23.0 Å². The smallest absolute Gasteiger partial charge is 0.196 e. The number of thiazole rings is 1. The average Bonchev–Trinajstić information content (AvgIpc) is 2.92. The molecule has 7 heteroatoms. The molecule has 0 aliphatic rings. The molecule has 0 spiro atoms. The molecule has 0 bridgehead atoms. The molecule has 0 aliphatic carbocycles. The van der Waals surface area contributed by atoms with Crippen LogP contribution >= 0.6 is 11.3 Å². The lowest BCUT2D eigenvalue weighted by molar-refractivity contribution is 0.311. The molecule has 2 aromatic rings. The van der Waals surface area contributed by atoms with Crippen molar-refractivity contribution in [3.8, 4) is 11.5 Å². The third kappa shape index (κ3) is 5.35. The van der Waals surface area contributed by atoms with Gasteiger partial charge in [-0.3, -0.25) is 0 Å².